The standard InChI is InChI=1S/C11H10N3O2P/c12-10-7(5-13-11(16)14-10)9(15)6-3-1-2-4-8(6)17/h1-5,7H,17H2,(H2,12,14,16). The fourth-order valence-corrected chi connectivity index (χ4v) is 1.86. The molecule has 0 fully saturated rings. The molecule has 86 valence electrons. The molecule has 1 aromatic rings. The first kappa shape index (κ1) is 11.6. The molecule has 1 aromatic carbocycles. The first-order chi connectivity index (χ1) is 8.09. The number of Topliss-reactive ketones (excluding diaryl/α,β-unsaturated/α-hetero) is 1. The lowest BCUT2D eigenvalue weighted by molar-refractivity contribution is 0.0981. The van der Waals surface area contributed by atoms with Gasteiger partial charge < -0.3 is 5.73 Å². The van der Waals surface area contributed by atoms with E-state index in [9.17, 15) is 9.59 Å². The van der Waals surface area contributed by atoms with E-state index in [1.165, 1.54) is 6.21 Å². The number of ketones is 1. The number of hydrogen-bond acceptors (Lipinski definition) is 3. The number of hydrogen-bond donors (Lipinski definition) is 1. The topological polar surface area (TPSA) is 84.9 Å². The zero-order valence-corrected chi connectivity index (χ0v) is 9.98. The van der Waals surface area contributed by atoms with Crippen LogP contribution in [0, 0.1) is 5.92 Å². The van der Waals surface area contributed by atoms with Crippen LogP contribution >= 0.6 is 9.24 Å². The number of benzene rings is 1. The average molecular weight is 247 g/mol. The Balaban J connectivity index is 2.34. The Labute approximate surface area is 100 Å². The largest absolute Gasteiger partial charge is 0.386 e. The summed E-state index contributed by atoms with van der Waals surface area (Å²) in [6.45, 7) is 0. The van der Waals surface area contributed by atoms with Gasteiger partial charge >= 0.3 is 6.03 Å². The highest BCUT2D eigenvalue weighted by Gasteiger charge is 2.26. The number of rotatable bonds is 2. The minimum Gasteiger partial charge on any atom is -0.386 e. The minimum absolute atomic E-state index is 0.0109. The lowest BCUT2D eigenvalue weighted by atomic mass is 9.97. The van der Waals surface area contributed by atoms with E-state index < -0.39 is 11.9 Å². The van der Waals surface area contributed by atoms with Gasteiger partial charge in [0.15, 0.2) is 5.78 Å². The van der Waals surface area contributed by atoms with Gasteiger partial charge in [0, 0.05) is 11.8 Å². The molecule has 2 N–H and O–H groups in total. The van der Waals surface area contributed by atoms with Crippen LogP contribution in [0.5, 0.6) is 0 Å². The summed E-state index contributed by atoms with van der Waals surface area (Å²) in [5.41, 5.74) is 6.10. The summed E-state index contributed by atoms with van der Waals surface area (Å²) >= 11 is 0. The summed E-state index contributed by atoms with van der Waals surface area (Å²) in [5.74, 6) is -0.981. The molecule has 0 aromatic heterocycles. The molecule has 2 unspecified atom stereocenters. The van der Waals surface area contributed by atoms with Crippen LogP contribution < -0.4 is 11.0 Å². The molecule has 0 saturated carbocycles. The average Bonchev–Trinajstić information content (AvgIpc) is 2.29. The Morgan fingerprint density at radius 2 is 2.06 bits per heavy atom. The van der Waals surface area contributed by atoms with Crippen molar-refractivity contribution in [2.75, 3.05) is 0 Å². The second-order valence-electron chi connectivity index (χ2n) is 3.53. The van der Waals surface area contributed by atoms with E-state index >= 15 is 0 Å². The van der Waals surface area contributed by atoms with Gasteiger partial charge in [-0.2, -0.15) is 4.99 Å². The van der Waals surface area contributed by atoms with Crippen LogP contribution in [0.3, 0.4) is 0 Å². The van der Waals surface area contributed by atoms with Crippen molar-refractivity contribution in [1.82, 2.24) is 0 Å². The maximum Gasteiger partial charge on any atom is 0.368 e. The molecule has 1 aliphatic rings. The lowest BCUT2D eigenvalue weighted by Crippen LogP contribution is -2.36. The fourth-order valence-electron chi connectivity index (χ4n) is 1.51. The Hall–Kier alpha value is -1.87. The van der Waals surface area contributed by atoms with E-state index in [4.69, 9.17) is 5.73 Å². The number of nitrogens with two attached hydrogens (primary N) is 1. The molecular weight excluding hydrogens is 237 g/mol. The molecule has 0 aliphatic carbocycles. The predicted molar refractivity (Wildman–Crippen MR) is 69.1 cm³/mol. The van der Waals surface area contributed by atoms with Gasteiger partial charge in [0.25, 0.3) is 0 Å². The number of carbonyl (C=O) groups is 2. The molecule has 6 heteroatoms. The number of amides is 2. The molecule has 0 radical (unpaired) electrons. The predicted octanol–water partition coefficient (Wildman–Crippen LogP) is 0.547. The van der Waals surface area contributed by atoms with Crippen LogP contribution in [-0.2, 0) is 0 Å². The maximum atomic E-state index is 12.2. The van der Waals surface area contributed by atoms with Gasteiger partial charge in [-0.25, -0.2) is 9.79 Å². The summed E-state index contributed by atoms with van der Waals surface area (Å²) in [6.07, 6.45) is 1.24. The Morgan fingerprint density at radius 3 is 2.71 bits per heavy atom. The molecule has 17 heavy (non-hydrogen) atoms. The molecule has 0 spiro atoms. The van der Waals surface area contributed by atoms with E-state index in [-0.39, 0.29) is 11.6 Å². The zero-order valence-electron chi connectivity index (χ0n) is 8.83. The number of carbonyl (C=O) groups excluding carboxylic acids is 2. The van der Waals surface area contributed by atoms with Crippen LogP contribution in [0.15, 0.2) is 34.3 Å². The van der Waals surface area contributed by atoms with Crippen LogP contribution in [0.2, 0.25) is 0 Å². The van der Waals surface area contributed by atoms with Gasteiger partial charge in [0.05, 0.1) is 0 Å². The fraction of sp³-hybridized carbons (Fsp3) is 0.0909. The second kappa shape index (κ2) is 4.55. The third-order valence-electron chi connectivity index (χ3n) is 2.39. The van der Waals surface area contributed by atoms with Crippen molar-refractivity contribution in [2.24, 2.45) is 21.6 Å². The van der Waals surface area contributed by atoms with Gasteiger partial charge in [-0.15, -0.1) is 9.24 Å². The smallest absolute Gasteiger partial charge is 0.368 e. The lowest BCUT2D eigenvalue weighted by Gasteiger charge is -2.13. The van der Waals surface area contributed by atoms with Crippen LogP contribution in [0.4, 0.5) is 4.79 Å². The summed E-state index contributed by atoms with van der Waals surface area (Å²) in [4.78, 5) is 30.0. The highest BCUT2D eigenvalue weighted by Crippen LogP contribution is 2.11. The van der Waals surface area contributed by atoms with Gasteiger partial charge in [-0.3, -0.25) is 4.79 Å². The van der Waals surface area contributed by atoms with E-state index in [1.807, 2.05) is 6.07 Å². The minimum atomic E-state index is -0.755. The zero-order chi connectivity index (χ0) is 12.4. The Morgan fingerprint density at radius 1 is 1.35 bits per heavy atom. The van der Waals surface area contributed by atoms with Crippen LogP contribution in [0.1, 0.15) is 10.4 Å². The van der Waals surface area contributed by atoms with Crippen molar-refractivity contribution in [2.45, 2.75) is 0 Å². The quantitative estimate of drug-likeness (QED) is 0.611. The Bertz CT molecular complexity index is 551. The SMILES string of the molecule is NC1=NC(=O)N=CC1C(=O)c1ccccc1P. The summed E-state index contributed by atoms with van der Waals surface area (Å²) < 4.78 is 0. The molecular formula is C11H10N3O2P. The molecule has 1 aliphatic heterocycles. The number of urea groups is 1. The molecule has 1 heterocycles. The van der Waals surface area contributed by atoms with Gasteiger partial charge in [0.1, 0.15) is 11.8 Å². The number of nitrogens with zero attached hydrogens (tertiary/aromatic N) is 2. The van der Waals surface area contributed by atoms with Crippen molar-refractivity contribution in [3.63, 3.8) is 0 Å². The van der Waals surface area contributed by atoms with Gasteiger partial charge in [0.2, 0.25) is 0 Å². The first-order valence-electron chi connectivity index (χ1n) is 4.90. The number of aliphatic imine (C=N–C) groups is 2. The number of amidine groups is 1. The van der Waals surface area contributed by atoms with E-state index in [0.717, 1.165) is 5.30 Å². The first-order valence-corrected chi connectivity index (χ1v) is 5.48. The molecule has 0 saturated heterocycles. The second-order valence-corrected chi connectivity index (χ2v) is 4.15. The third kappa shape index (κ3) is 2.29. The highest BCUT2D eigenvalue weighted by molar-refractivity contribution is 7.27. The third-order valence-corrected chi connectivity index (χ3v) is 2.89. The molecule has 2 amide bonds. The summed E-state index contributed by atoms with van der Waals surface area (Å²) in [7, 11) is 2.48. The van der Waals surface area contributed by atoms with E-state index in [0.29, 0.717) is 5.56 Å². The summed E-state index contributed by atoms with van der Waals surface area (Å²) in [5, 5.41) is 0.774. The van der Waals surface area contributed by atoms with Crippen molar-refractivity contribution < 1.29 is 9.59 Å². The van der Waals surface area contributed by atoms with E-state index in [1.54, 1.807) is 18.2 Å². The summed E-state index contributed by atoms with van der Waals surface area (Å²) in [6, 6.07) is 6.41. The van der Waals surface area contributed by atoms with Crippen molar-refractivity contribution in [3.05, 3.63) is 29.8 Å². The van der Waals surface area contributed by atoms with Crippen molar-refractivity contribution in [3.8, 4) is 0 Å². The van der Waals surface area contributed by atoms with Crippen molar-refractivity contribution in [1.29, 1.82) is 0 Å². The Kier molecular flexibility index (Phi) is 3.11. The van der Waals surface area contributed by atoms with Crippen LogP contribution in [0.25, 0.3) is 0 Å². The van der Waals surface area contributed by atoms with Crippen molar-refractivity contribution >= 4 is 38.4 Å². The van der Waals surface area contributed by atoms with Gasteiger partial charge in [-0.1, -0.05) is 24.3 Å². The maximum absolute atomic E-state index is 12.2. The van der Waals surface area contributed by atoms with Crippen LogP contribution in [-0.4, -0.2) is 23.9 Å². The van der Waals surface area contributed by atoms with E-state index in [2.05, 4.69) is 19.2 Å². The molecule has 2 rings (SSSR count). The monoisotopic (exact) mass is 247 g/mol. The highest BCUT2D eigenvalue weighted by atomic mass is 31.0. The molecule has 2 atom stereocenters. The molecule has 0 bridgehead atoms. The van der Waals surface area contributed by atoms with Gasteiger partial charge in [-0.05, 0) is 5.30 Å². The normalized spacial score (nSPS) is 19.0. The molecule has 5 nitrogen and oxygen atoms in total.